The number of hydrogen-bond donors (Lipinski definition) is 0. The number of carbonyl (C=O) groups excluding carboxylic acids is 2. The van der Waals surface area contributed by atoms with E-state index in [2.05, 4.69) is 33.9 Å². The third-order valence-corrected chi connectivity index (χ3v) is 5.97. The predicted molar refractivity (Wildman–Crippen MR) is 115 cm³/mol. The number of methoxy groups -OCH3 is 1. The minimum Gasteiger partial charge on any atom is -0.486 e. The molecule has 4 rings (SSSR count). The van der Waals surface area contributed by atoms with Gasteiger partial charge in [0.1, 0.15) is 11.4 Å². The topological polar surface area (TPSA) is 55.8 Å². The fourth-order valence-corrected chi connectivity index (χ4v) is 4.35. The monoisotopic (exact) mass is 405 g/mol. The fraction of sp³-hybridized carbons (Fsp3) is 0.360. The quantitative estimate of drug-likeness (QED) is 0.562. The van der Waals surface area contributed by atoms with E-state index in [0.29, 0.717) is 17.7 Å². The summed E-state index contributed by atoms with van der Waals surface area (Å²) in [5.41, 5.74) is 2.27. The molecule has 2 aromatic rings. The molecular weight excluding hydrogens is 378 g/mol. The SMILES string of the molecule is COC(=O)C=Cc1ccc2c(c1)C(=O)CC1(CCCN(Cc3ccccc3)CC1)O2. The Morgan fingerprint density at radius 3 is 2.80 bits per heavy atom. The first-order valence-electron chi connectivity index (χ1n) is 10.5. The Kier molecular flexibility index (Phi) is 6.00. The van der Waals surface area contributed by atoms with Gasteiger partial charge in [0.2, 0.25) is 0 Å². The highest BCUT2D eigenvalue weighted by molar-refractivity contribution is 6.01. The maximum absolute atomic E-state index is 13.0. The zero-order valence-corrected chi connectivity index (χ0v) is 17.3. The molecule has 2 heterocycles. The minimum atomic E-state index is -0.423. The van der Waals surface area contributed by atoms with Crippen molar-refractivity contribution in [2.24, 2.45) is 0 Å². The molecule has 156 valence electrons. The molecule has 0 bridgehead atoms. The summed E-state index contributed by atoms with van der Waals surface area (Å²) >= 11 is 0. The Bertz CT molecular complexity index is 953. The first-order chi connectivity index (χ1) is 14.6. The lowest BCUT2D eigenvalue weighted by molar-refractivity contribution is -0.134. The first-order valence-corrected chi connectivity index (χ1v) is 10.5. The Balaban J connectivity index is 1.46. The van der Waals surface area contributed by atoms with Gasteiger partial charge in [-0.05, 0) is 48.7 Å². The van der Waals surface area contributed by atoms with Crippen molar-refractivity contribution in [3.05, 3.63) is 71.3 Å². The van der Waals surface area contributed by atoms with Crippen LogP contribution in [0.1, 0.15) is 47.2 Å². The third-order valence-electron chi connectivity index (χ3n) is 5.97. The summed E-state index contributed by atoms with van der Waals surface area (Å²) in [5, 5.41) is 0. The van der Waals surface area contributed by atoms with Crippen LogP contribution in [0.2, 0.25) is 0 Å². The number of nitrogens with zero attached hydrogens (tertiary/aromatic N) is 1. The van der Waals surface area contributed by atoms with Crippen molar-refractivity contribution in [2.45, 2.75) is 37.8 Å². The Hall–Kier alpha value is -2.92. The van der Waals surface area contributed by atoms with Crippen molar-refractivity contribution < 1.29 is 19.1 Å². The predicted octanol–water partition coefficient (Wildman–Crippen LogP) is 4.26. The van der Waals surface area contributed by atoms with E-state index in [0.717, 1.165) is 44.5 Å². The number of Topliss-reactive ketones (excluding diaryl/α,β-unsaturated/α-hetero) is 1. The molecule has 1 saturated heterocycles. The average molecular weight is 405 g/mol. The molecule has 1 atom stereocenters. The van der Waals surface area contributed by atoms with Crippen LogP contribution in [0, 0.1) is 0 Å². The van der Waals surface area contributed by atoms with Gasteiger partial charge < -0.3 is 9.47 Å². The highest BCUT2D eigenvalue weighted by Crippen LogP contribution is 2.40. The number of ketones is 1. The molecule has 0 aromatic heterocycles. The molecule has 1 fully saturated rings. The highest BCUT2D eigenvalue weighted by Gasteiger charge is 2.41. The Morgan fingerprint density at radius 2 is 2.00 bits per heavy atom. The molecule has 2 aliphatic heterocycles. The van der Waals surface area contributed by atoms with Crippen LogP contribution in [0.25, 0.3) is 6.08 Å². The van der Waals surface area contributed by atoms with Gasteiger partial charge >= 0.3 is 5.97 Å². The zero-order chi connectivity index (χ0) is 21.0. The van der Waals surface area contributed by atoms with Gasteiger partial charge in [-0.1, -0.05) is 36.4 Å². The van der Waals surface area contributed by atoms with E-state index in [-0.39, 0.29) is 5.78 Å². The number of carbonyl (C=O) groups is 2. The average Bonchev–Trinajstić information content (AvgIpc) is 2.95. The van der Waals surface area contributed by atoms with Gasteiger partial charge in [-0.2, -0.15) is 0 Å². The summed E-state index contributed by atoms with van der Waals surface area (Å²) in [6.07, 6.45) is 6.14. The molecule has 0 N–H and O–H groups in total. The van der Waals surface area contributed by atoms with E-state index in [1.165, 1.54) is 18.7 Å². The van der Waals surface area contributed by atoms with Crippen LogP contribution < -0.4 is 4.74 Å². The number of benzene rings is 2. The van der Waals surface area contributed by atoms with E-state index in [1.54, 1.807) is 12.1 Å². The Morgan fingerprint density at radius 1 is 1.17 bits per heavy atom. The molecule has 30 heavy (non-hydrogen) atoms. The number of rotatable bonds is 4. The van der Waals surface area contributed by atoms with Gasteiger partial charge in [0.15, 0.2) is 5.78 Å². The van der Waals surface area contributed by atoms with Crippen LogP contribution in [-0.4, -0.2) is 42.5 Å². The molecule has 2 aromatic carbocycles. The first kappa shape index (κ1) is 20.4. The van der Waals surface area contributed by atoms with Crippen LogP contribution in [0.4, 0.5) is 0 Å². The number of hydrogen-bond acceptors (Lipinski definition) is 5. The van der Waals surface area contributed by atoms with E-state index in [1.807, 2.05) is 18.2 Å². The maximum Gasteiger partial charge on any atom is 0.330 e. The van der Waals surface area contributed by atoms with Gasteiger partial charge in [0.25, 0.3) is 0 Å². The largest absolute Gasteiger partial charge is 0.486 e. The Labute approximate surface area is 177 Å². The second-order valence-electron chi connectivity index (χ2n) is 8.11. The molecule has 0 saturated carbocycles. The summed E-state index contributed by atoms with van der Waals surface area (Å²) in [6.45, 7) is 2.85. The molecule has 5 heteroatoms. The number of fused-ring (bicyclic) bond motifs is 1. The van der Waals surface area contributed by atoms with Crippen molar-refractivity contribution in [3.8, 4) is 5.75 Å². The van der Waals surface area contributed by atoms with Crippen LogP contribution in [0.15, 0.2) is 54.6 Å². The molecule has 0 aliphatic carbocycles. The normalized spacial score (nSPS) is 21.8. The molecule has 2 aliphatic rings. The number of likely N-dealkylation sites (tertiary alicyclic amines) is 1. The molecular formula is C25H27NO4. The van der Waals surface area contributed by atoms with Gasteiger partial charge in [-0.25, -0.2) is 4.79 Å². The van der Waals surface area contributed by atoms with Crippen LogP contribution >= 0.6 is 0 Å². The van der Waals surface area contributed by atoms with Gasteiger partial charge in [-0.3, -0.25) is 9.69 Å². The number of esters is 1. The summed E-state index contributed by atoms with van der Waals surface area (Å²) in [6, 6.07) is 16.0. The minimum absolute atomic E-state index is 0.112. The fourth-order valence-electron chi connectivity index (χ4n) is 4.35. The van der Waals surface area contributed by atoms with Crippen molar-refractivity contribution in [1.29, 1.82) is 0 Å². The maximum atomic E-state index is 13.0. The summed E-state index contributed by atoms with van der Waals surface area (Å²) < 4.78 is 11.1. The van der Waals surface area contributed by atoms with Crippen LogP contribution in [-0.2, 0) is 16.1 Å². The highest BCUT2D eigenvalue weighted by atomic mass is 16.5. The summed E-state index contributed by atoms with van der Waals surface area (Å²) in [4.78, 5) is 26.7. The number of ether oxygens (including phenoxy) is 2. The van der Waals surface area contributed by atoms with Crippen LogP contribution in [0.5, 0.6) is 5.75 Å². The standard InChI is InChI=1S/C25H27NO4/c1-29-24(28)11-9-19-8-10-23-21(16-19)22(27)17-25(30-23)12-5-14-26(15-13-25)18-20-6-3-2-4-7-20/h2-4,6-11,16H,5,12-15,17-18H2,1H3. The van der Waals surface area contributed by atoms with Crippen LogP contribution in [0.3, 0.4) is 0 Å². The van der Waals surface area contributed by atoms with E-state index in [4.69, 9.17) is 4.74 Å². The van der Waals surface area contributed by atoms with E-state index in [9.17, 15) is 9.59 Å². The molecule has 0 radical (unpaired) electrons. The zero-order valence-electron chi connectivity index (χ0n) is 17.3. The molecule has 1 unspecified atom stereocenters. The van der Waals surface area contributed by atoms with E-state index < -0.39 is 11.6 Å². The van der Waals surface area contributed by atoms with Gasteiger partial charge in [0, 0.05) is 25.6 Å². The molecule has 5 nitrogen and oxygen atoms in total. The van der Waals surface area contributed by atoms with Crippen molar-refractivity contribution in [3.63, 3.8) is 0 Å². The molecule has 1 spiro atoms. The second kappa shape index (κ2) is 8.84. The lowest BCUT2D eigenvalue weighted by Gasteiger charge is -2.37. The summed E-state index contributed by atoms with van der Waals surface area (Å²) in [7, 11) is 1.34. The van der Waals surface area contributed by atoms with Crippen molar-refractivity contribution in [1.82, 2.24) is 4.90 Å². The smallest absolute Gasteiger partial charge is 0.330 e. The van der Waals surface area contributed by atoms with Crippen molar-refractivity contribution >= 4 is 17.8 Å². The summed E-state index contributed by atoms with van der Waals surface area (Å²) in [5.74, 6) is 0.340. The third kappa shape index (κ3) is 4.62. The lowest BCUT2D eigenvalue weighted by atomic mass is 9.84. The molecule has 0 amide bonds. The van der Waals surface area contributed by atoms with Crippen molar-refractivity contribution in [2.75, 3.05) is 20.2 Å². The second-order valence-corrected chi connectivity index (χ2v) is 8.11. The van der Waals surface area contributed by atoms with E-state index >= 15 is 0 Å². The van der Waals surface area contributed by atoms with Gasteiger partial charge in [0.05, 0.1) is 19.1 Å². The van der Waals surface area contributed by atoms with Gasteiger partial charge in [-0.15, -0.1) is 0 Å². The lowest BCUT2D eigenvalue weighted by Crippen LogP contribution is -2.42.